The lowest BCUT2D eigenvalue weighted by Gasteiger charge is -2.12. The summed E-state index contributed by atoms with van der Waals surface area (Å²) in [7, 11) is 0. The fourth-order valence-electron chi connectivity index (χ4n) is 2.13. The summed E-state index contributed by atoms with van der Waals surface area (Å²) in [6.07, 6.45) is 0.282. The Labute approximate surface area is 152 Å². The zero-order valence-electron chi connectivity index (χ0n) is 13.3. The average molecular weight is 380 g/mol. The second-order valence-corrected chi connectivity index (χ2v) is 5.71. The van der Waals surface area contributed by atoms with E-state index in [1.807, 2.05) is 12.1 Å². The Kier molecular flexibility index (Phi) is 5.22. The van der Waals surface area contributed by atoms with Gasteiger partial charge in [0.25, 0.3) is 0 Å². The van der Waals surface area contributed by atoms with Crippen molar-refractivity contribution in [2.75, 3.05) is 10.6 Å². The number of nitrogens with zero attached hydrogens (tertiary/aromatic N) is 3. The molecular formula is C17H13ClF3N5. The SMILES string of the molecule is FC(F)(F)c1cccc(Nc2nc(NCc3ccncc3)ncc2Cl)c1. The van der Waals surface area contributed by atoms with E-state index in [0.717, 1.165) is 17.7 Å². The van der Waals surface area contributed by atoms with E-state index in [4.69, 9.17) is 11.6 Å². The Morgan fingerprint density at radius 3 is 2.58 bits per heavy atom. The van der Waals surface area contributed by atoms with Crippen LogP contribution in [0.5, 0.6) is 0 Å². The minimum atomic E-state index is -4.43. The van der Waals surface area contributed by atoms with Crippen LogP contribution in [0.15, 0.2) is 55.0 Å². The molecule has 0 aliphatic heterocycles. The minimum Gasteiger partial charge on any atom is -0.350 e. The Hall–Kier alpha value is -2.87. The smallest absolute Gasteiger partial charge is 0.350 e. The van der Waals surface area contributed by atoms with E-state index in [2.05, 4.69) is 25.6 Å². The molecule has 0 bridgehead atoms. The summed E-state index contributed by atoms with van der Waals surface area (Å²) in [5.41, 5.74) is 0.440. The van der Waals surface area contributed by atoms with Crippen LogP contribution in [0.1, 0.15) is 11.1 Å². The summed E-state index contributed by atoms with van der Waals surface area (Å²) in [6, 6.07) is 8.47. The minimum absolute atomic E-state index is 0.192. The Morgan fingerprint density at radius 1 is 1.08 bits per heavy atom. The molecule has 0 saturated heterocycles. The van der Waals surface area contributed by atoms with Crippen LogP contribution in [-0.2, 0) is 12.7 Å². The topological polar surface area (TPSA) is 62.7 Å². The number of rotatable bonds is 5. The van der Waals surface area contributed by atoms with Gasteiger partial charge in [-0.1, -0.05) is 17.7 Å². The molecule has 0 saturated carbocycles. The highest BCUT2D eigenvalue weighted by Crippen LogP contribution is 2.32. The molecule has 0 radical (unpaired) electrons. The summed E-state index contributed by atoms with van der Waals surface area (Å²) in [5.74, 6) is 0.499. The van der Waals surface area contributed by atoms with Crippen LogP contribution in [0.2, 0.25) is 5.02 Å². The van der Waals surface area contributed by atoms with Gasteiger partial charge in [-0.2, -0.15) is 18.2 Å². The molecule has 0 amide bonds. The summed E-state index contributed by atoms with van der Waals surface area (Å²) in [4.78, 5) is 12.2. The van der Waals surface area contributed by atoms with E-state index in [1.165, 1.54) is 18.3 Å². The number of halogens is 4. The first-order valence-electron chi connectivity index (χ1n) is 7.51. The number of hydrogen-bond acceptors (Lipinski definition) is 5. The zero-order valence-corrected chi connectivity index (χ0v) is 14.0. The Morgan fingerprint density at radius 2 is 1.85 bits per heavy atom. The van der Waals surface area contributed by atoms with Crippen molar-refractivity contribution in [3.63, 3.8) is 0 Å². The summed E-state index contributed by atoms with van der Waals surface area (Å²) < 4.78 is 38.5. The Balaban J connectivity index is 1.76. The van der Waals surface area contributed by atoms with Gasteiger partial charge in [0.1, 0.15) is 5.02 Å². The number of hydrogen-bond donors (Lipinski definition) is 2. The standard InChI is InChI=1S/C17H13ClF3N5/c18-14-10-24-16(23-9-11-4-6-22-7-5-11)26-15(14)25-13-3-1-2-12(8-13)17(19,20)21/h1-8,10H,9H2,(H2,23,24,25,26). The summed E-state index contributed by atoms with van der Waals surface area (Å²) in [5, 5.41) is 6.00. The second kappa shape index (κ2) is 7.57. The lowest BCUT2D eigenvalue weighted by molar-refractivity contribution is -0.137. The molecule has 3 rings (SSSR count). The molecule has 9 heteroatoms. The normalized spacial score (nSPS) is 11.2. The molecule has 0 unspecified atom stereocenters. The first-order chi connectivity index (χ1) is 12.4. The molecule has 2 N–H and O–H groups in total. The highest BCUT2D eigenvalue weighted by atomic mass is 35.5. The van der Waals surface area contributed by atoms with Crippen molar-refractivity contribution < 1.29 is 13.2 Å². The third-order valence-corrected chi connectivity index (χ3v) is 3.67. The summed E-state index contributed by atoms with van der Waals surface area (Å²) >= 11 is 6.05. The molecule has 0 atom stereocenters. The van der Waals surface area contributed by atoms with Crippen molar-refractivity contribution in [1.29, 1.82) is 0 Å². The van der Waals surface area contributed by atoms with Crippen LogP contribution >= 0.6 is 11.6 Å². The molecule has 134 valence electrons. The molecular weight excluding hydrogens is 367 g/mol. The highest BCUT2D eigenvalue weighted by molar-refractivity contribution is 6.32. The van der Waals surface area contributed by atoms with Crippen molar-refractivity contribution >= 4 is 29.1 Å². The van der Waals surface area contributed by atoms with Crippen LogP contribution in [0.4, 0.5) is 30.6 Å². The third-order valence-electron chi connectivity index (χ3n) is 3.40. The number of benzene rings is 1. The molecule has 2 heterocycles. The lowest BCUT2D eigenvalue weighted by atomic mass is 10.2. The van der Waals surface area contributed by atoms with Crippen LogP contribution in [0.25, 0.3) is 0 Å². The number of pyridine rings is 1. The van der Waals surface area contributed by atoms with Gasteiger partial charge in [-0.15, -0.1) is 0 Å². The molecule has 0 aliphatic carbocycles. The first-order valence-corrected chi connectivity index (χ1v) is 7.89. The third kappa shape index (κ3) is 4.60. The average Bonchev–Trinajstić information content (AvgIpc) is 2.63. The predicted molar refractivity (Wildman–Crippen MR) is 93.3 cm³/mol. The number of anilines is 3. The molecule has 0 fully saturated rings. The molecule has 26 heavy (non-hydrogen) atoms. The first kappa shape index (κ1) is 17.9. The van der Waals surface area contributed by atoms with E-state index in [0.29, 0.717) is 12.5 Å². The van der Waals surface area contributed by atoms with Crippen LogP contribution < -0.4 is 10.6 Å². The molecule has 1 aromatic carbocycles. The van der Waals surface area contributed by atoms with Crippen LogP contribution in [-0.4, -0.2) is 15.0 Å². The van der Waals surface area contributed by atoms with E-state index in [-0.39, 0.29) is 16.5 Å². The van der Waals surface area contributed by atoms with Crippen molar-refractivity contribution in [2.24, 2.45) is 0 Å². The van der Waals surface area contributed by atoms with Crippen molar-refractivity contribution in [3.05, 3.63) is 71.1 Å². The van der Waals surface area contributed by atoms with Crippen molar-refractivity contribution in [2.45, 2.75) is 12.7 Å². The monoisotopic (exact) mass is 379 g/mol. The number of alkyl halides is 3. The maximum Gasteiger partial charge on any atom is 0.416 e. The molecule has 5 nitrogen and oxygen atoms in total. The van der Waals surface area contributed by atoms with Crippen LogP contribution in [0, 0.1) is 0 Å². The molecule has 2 aromatic heterocycles. The van der Waals surface area contributed by atoms with E-state index in [9.17, 15) is 13.2 Å². The summed E-state index contributed by atoms with van der Waals surface area (Å²) in [6.45, 7) is 0.465. The van der Waals surface area contributed by atoms with Gasteiger partial charge in [0.15, 0.2) is 5.82 Å². The largest absolute Gasteiger partial charge is 0.416 e. The maximum atomic E-state index is 12.8. The van der Waals surface area contributed by atoms with E-state index < -0.39 is 11.7 Å². The van der Waals surface area contributed by atoms with Gasteiger partial charge < -0.3 is 10.6 Å². The maximum absolute atomic E-state index is 12.8. The van der Waals surface area contributed by atoms with Crippen molar-refractivity contribution in [3.8, 4) is 0 Å². The van der Waals surface area contributed by atoms with Gasteiger partial charge in [-0.3, -0.25) is 4.98 Å². The fourth-order valence-corrected chi connectivity index (χ4v) is 2.27. The lowest BCUT2D eigenvalue weighted by Crippen LogP contribution is -2.07. The number of nitrogens with one attached hydrogen (secondary N) is 2. The van der Waals surface area contributed by atoms with Gasteiger partial charge in [0, 0.05) is 24.6 Å². The fraction of sp³-hybridized carbons (Fsp3) is 0.118. The quantitative estimate of drug-likeness (QED) is 0.660. The predicted octanol–water partition coefficient (Wildman–Crippen LogP) is 4.90. The van der Waals surface area contributed by atoms with Crippen molar-refractivity contribution in [1.82, 2.24) is 15.0 Å². The highest BCUT2D eigenvalue weighted by Gasteiger charge is 2.30. The van der Waals surface area contributed by atoms with Gasteiger partial charge in [-0.05, 0) is 35.9 Å². The molecule has 3 aromatic rings. The van der Waals surface area contributed by atoms with Gasteiger partial charge in [0.2, 0.25) is 5.95 Å². The van der Waals surface area contributed by atoms with Gasteiger partial charge >= 0.3 is 6.18 Å². The molecule has 0 aliphatic rings. The van der Waals surface area contributed by atoms with Crippen LogP contribution in [0.3, 0.4) is 0 Å². The zero-order chi connectivity index (χ0) is 18.6. The molecule has 0 spiro atoms. The van der Waals surface area contributed by atoms with E-state index >= 15 is 0 Å². The number of aromatic nitrogens is 3. The second-order valence-electron chi connectivity index (χ2n) is 5.30. The van der Waals surface area contributed by atoms with E-state index in [1.54, 1.807) is 12.4 Å². The van der Waals surface area contributed by atoms with Gasteiger partial charge in [-0.25, -0.2) is 4.98 Å². The van der Waals surface area contributed by atoms with Gasteiger partial charge in [0.05, 0.1) is 11.8 Å². The Bertz CT molecular complexity index is 887.